The Morgan fingerprint density at radius 2 is 1.87 bits per heavy atom. The van der Waals surface area contributed by atoms with Crippen LogP contribution in [0.4, 0.5) is 0 Å². The smallest absolute Gasteiger partial charge is 0.308 e. The Kier molecular flexibility index (Phi) is 10.2. The second kappa shape index (κ2) is 13.8. The molecule has 1 aromatic carbocycles. The van der Waals surface area contributed by atoms with E-state index in [1.54, 1.807) is 6.20 Å². The lowest BCUT2D eigenvalue weighted by atomic mass is 9.84. The molecule has 0 unspecified atom stereocenters. The van der Waals surface area contributed by atoms with Gasteiger partial charge >= 0.3 is 5.97 Å². The Hall–Kier alpha value is -3.11. The molecule has 1 amide bonds. The molecule has 10 heteroatoms. The molecular weight excluding hydrogens is 498 g/mol. The molecule has 0 radical (unpaired) electrons. The van der Waals surface area contributed by atoms with Crippen molar-refractivity contribution < 1.29 is 24.2 Å². The number of carboxylic acids is 1. The highest BCUT2D eigenvalue weighted by Crippen LogP contribution is 2.42. The zero-order valence-corrected chi connectivity index (χ0v) is 23.5. The van der Waals surface area contributed by atoms with Crippen molar-refractivity contribution in [3.63, 3.8) is 0 Å². The van der Waals surface area contributed by atoms with Crippen LogP contribution in [0.2, 0.25) is 0 Å². The highest BCUT2D eigenvalue weighted by Gasteiger charge is 2.47. The van der Waals surface area contributed by atoms with Gasteiger partial charge in [0.25, 0.3) is 0 Å². The van der Waals surface area contributed by atoms with Crippen molar-refractivity contribution in [1.29, 1.82) is 0 Å². The predicted molar refractivity (Wildman–Crippen MR) is 148 cm³/mol. The quantitative estimate of drug-likeness (QED) is 0.343. The summed E-state index contributed by atoms with van der Waals surface area (Å²) in [5.41, 5.74) is 0.900. The van der Waals surface area contributed by atoms with Crippen LogP contribution >= 0.6 is 0 Å². The van der Waals surface area contributed by atoms with Crippen molar-refractivity contribution in [3.8, 4) is 11.5 Å². The van der Waals surface area contributed by atoms with Crippen LogP contribution in [0.15, 0.2) is 36.7 Å². The summed E-state index contributed by atoms with van der Waals surface area (Å²) in [5, 5.41) is 14.7. The maximum absolute atomic E-state index is 13.7. The number of hydrogen-bond acceptors (Lipinski definition) is 7. The molecule has 2 aromatic rings. The van der Waals surface area contributed by atoms with E-state index < -0.39 is 11.9 Å². The van der Waals surface area contributed by atoms with Crippen molar-refractivity contribution in [2.75, 3.05) is 53.6 Å². The SMILES string of the molecule is CCCCN(CCCCN(C)C)C(=O)CN1C[C@H](c2ccc3c(c2)OCO3)[C@@H](C(=O)O)[C@@H]1CCn1cccn1. The average Bonchev–Trinajstić information content (AvgIpc) is 3.66. The van der Waals surface area contributed by atoms with Gasteiger partial charge in [-0.25, -0.2) is 0 Å². The minimum absolute atomic E-state index is 0.0767. The van der Waals surface area contributed by atoms with E-state index in [-0.39, 0.29) is 31.2 Å². The lowest BCUT2D eigenvalue weighted by molar-refractivity contribution is -0.144. The molecule has 10 nitrogen and oxygen atoms in total. The fraction of sp³-hybridized carbons (Fsp3) is 0.621. The van der Waals surface area contributed by atoms with Gasteiger partial charge in [0.1, 0.15) is 0 Å². The fourth-order valence-corrected chi connectivity index (χ4v) is 5.75. The number of fused-ring (bicyclic) bond motifs is 1. The van der Waals surface area contributed by atoms with Gasteiger partial charge in [0, 0.05) is 50.5 Å². The summed E-state index contributed by atoms with van der Waals surface area (Å²) in [4.78, 5) is 32.6. The summed E-state index contributed by atoms with van der Waals surface area (Å²) >= 11 is 0. The van der Waals surface area contributed by atoms with Gasteiger partial charge in [-0.3, -0.25) is 19.2 Å². The van der Waals surface area contributed by atoms with Crippen LogP contribution in [-0.4, -0.2) is 101 Å². The summed E-state index contributed by atoms with van der Waals surface area (Å²) in [6.45, 7) is 6.05. The monoisotopic (exact) mass is 541 g/mol. The third-order valence-corrected chi connectivity index (χ3v) is 7.83. The van der Waals surface area contributed by atoms with Gasteiger partial charge in [0.05, 0.1) is 12.5 Å². The Morgan fingerprint density at radius 1 is 1.10 bits per heavy atom. The van der Waals surface area contributed by atoms with E-state index in [0.29, 0.717) is 31.0 Å². The molecule has 2 aliphatic heterocycles. The van der Waals surface area contributed by atoms with Crippen LogP contribution in [0, 0.1) is 5.92 Å². The summed E-state index contributed by atoms with van der Waals surface area (Å²) in [5.74, 6) is -0.374. The van der Waals surface area contributed by atoms with Gasteiger partial charge in [-0.2, -0.15) is 5.10 Å². The number of aryl methyl sites for hydroxylation is 1. The van der Waals surface area contributed by atoms with Crippen molar-refractivity contribution in [1.82, 2.24) is 24.5 Å². The van der Waals surface area contributed by atoms with Gasteiger partial charge in [0.2, 0.25) is 12.7 Å². The molecule has 214 valence electrons. The number of amides is 1. The normalized spacial score (nSPS) is 20.6. The van der Waals surface area contributed by atoms with Crippen LogP contribution < -0.4 is 9.47 Å². The van der Waals surface area contributed by atoms with E-state index in [4.69, 9.17) is 9.47 Å². The Bertz CT molecular complexity index is 1080. The molecule has 39 heavy (non-hydrogen) atoms. The summed E-state index contributed by atoms with van der Waals surface area (Å²) < 4.78 is 12.9. The standard InChI is InChI=1S/C29H43N5O5/c1-4-5-14-32(15-7-6-13-31(2)3)27(35)20-33-19-23(22-9-10-25-26(18-22)39-21-38-25)28(29(36)37)24(33)11-17-34-16-8-12-30-34/h8-10,12,16,18,23-24,28H,4-7,11,13-15,17,19-21H2,1-3H3,(H,36,37)/t23-,24+,28-/m1/s1. The molecule has 1 fully saturated rings. The molecule has 3 atom stereocenters. The van der Waals surface area contributed by atoms with Crippen LogP contribution in [0.1, 0.15) is 50.5 Å². The Balaban J connectivity index is 1.53. The number of carboxylic acid groups (broad SMARTS) is 1. The summed E-state index contributed by atoms with van der Waals surface area (Å²) in [7, 11) is 4.12. The first-order valence-electron chi connectivity index (χ1n) is 14.1. The lowest BCUT2D eigenvalue weighted by Crippen LogP contribution is -2.45. The first kappa shape index (κ1) is 28.9. The summed E-state index contributed by atoms with van der Waals surface area (Å²) in [6.07, 6.45) is 8.16. The Morgan fingerprint density at radius 3 is 2.59 bits per heavy atom. The molecule has 0 aliphatic carbocycles. The number of unbranched alkanes of at least 4 members (excludes halogenated alkanes) is 2. The van der Waals surface area contributed by atoms with Gasteiger partial charge in [-0.1, -0.05) is 19.4 Å². The molecule has 2 aliphatic rings. The first-order valence-corrected chi connectivity index (χ1v) is 14.1. The Labute approximate surface area is 231 Å². The molecule has 0 spiro atoms. The number of aromatic nitrogens is 2. The van der Waals surface area contributed by atoms with Crippen LogP contribution in [0.3, 0.4) is 0 Å². The second-order valence-corrected chi connectivity index (χ2v) is 10.9. The first-order chi connectivity index (χ1) is 18.9. The predicted octanol–water partition coefficient (Wildman–Crippen LogP) is 3.14. The van der Waals surface area contributed by atoms with Crippen molar-refractivity contribution >= 4 is 11.9 Å². The molecule has 3 heterocycles. The molecule has 1 aromatic heterocycles. The number of benzene rings is 1. The molecule has 1 saturated heterocycles. The zero-order valence-electron chi connectivity index (χ0n) is 23.5. The number of nitrogens with zero attached hydrogens (tertiary/aromatic N) is 5. The number of carbonyl (C=O) groups excluding carboxylic acids is 1. The lowest BCUT2D eigenvalue weighted by Gasteiger charge is -2.30. The van der Waals surface area contributed by atoms with Crippen LogP contribution in [0.25, 0.3) is 0 Å². The zero-order chi connectivity index (χ0) is 27.8. The molecular formula is C29H43N5O5. The molecule has 1 N–H and O–H groups in total. The molecule has 4 rings (SSSR count). The number of likely N-dealkylation sites (tertiary alicyclic amines) is 1. The van der Waals surface area contributed by atoms with Gasteiger partial charge in [-0.15, -0.1) is 0 Å². The maximum atomic E-state index is 13.7. The van der Waals surface area contributed by atoms with Crippen molar-refractivity contribution in [3.05, 3.63) is 42.2 Å². The van der Waals surface area contributed by atoms with Gasteiger partial charge in [-0.05, 0) is 70.1 Å². The van der Waals surface area contributed by atoms with E-state index in [9.17, 15) is 14.7 Å². The van der Waals surface area contributed by atoms with E-state index in [1.807, 2.05) is 40.0 Å². The van der Waals surface area contributed by atoms with Gasteiger partial charge in [0.15, 0.2) is 11.5 Å². The number of aliphatic carboxylic acids is 1. The topological polar surface area (TPSA) is 100 Å². The van der Waals surface area contributed by atoms with Crippen molar-refractivity contribution in [2.24, 2.45) is 5.92 Å². The van der Waals surface area contributed by atoms with Crippen LogP contribution in [-0.2, 0) is 16.1 Å². The average molecular weight is 542 g/mol. The highest BCUT2D eigenvalue weighted by molar-refractivity contribution is 5.79. The minimum atomic E-state index is -0.843. The molecule has 0 bridgehead atoms. The fourth-order valence-electron chi connectivity index (χ4n) is 5.75. The van der Waals surface area contributed by atoms with E-state index >= 15 is 0 Å². The highest BCUT2D eigenvalue weighted by atomic mass is 16.7. The number of ether oxygens (including phenoxy) is 2. The largest absolute Gasteiger partial charge is 0.481 e. The number of carbonyl (C=O) groups is 2. The third kappa shape index (κ3) is 7.51. The summed E-state index contributed by atoms with van der Waals surface area (Å²) in [6, 6.07) is 7.25. The molecule has 0 saturated carbocycles. The minimum Gasteiger partial charge on any atom is -0.481 e. The van der Waals surface area contributed by atoms with Crippen LogP contribution in [0.5, 0.6) is 11.5 Å². The van der Waals surface area contributed by atoms with Crippen molar-refractivity contribution in [2.45, 2.75) is 57.5 Å². The van der Waals surface area contributed by atoms with Gasteiger partial charge < -0.3 is 24.4 Å². The number of rotatable bonds is 15. The second-order valence-electron chi connectivity index (χ2n) is 10.9. The number of hydrogen-bond donors (Lipinski definition) is 1. The van der Waals surface area contributed by atoms with E-state index in [1.165, 1.54) is 0 Å². The van der Waals surface area contributed by atoms with E-state index in [2.05, 4.69) is 35.9 Å². The van der Waals surface area contributed by atoms with E-state index in [0.717, 1.165) is 50.9 Å². The maximum Gasteiger partial charge on any atom is 0.308 e. The third-order valence-electron chi connectivity index (χ3n) is 7.83.